The standard InChI is InChI=1S/C7H18OSi/c1-2-3-4-5-6-7-9-8/h8H,2-7,9H2,1H3. The van der Waals surface area contributed by atoms with Crippen molar-refractivity contribution < 1.29 is 4.80 Å². The first kappa shape index (κ1) is 9.18. The summed E-state index contributed by atoms with van der Waals surface area (Å²) in [6, 6.07) is 1.13. The van der Waals surface area contributed by atoms with Crippen molar-refractivity contribution in [2.45, 2.75) is 45.1 Å². The minimum atomic E-state index is -0.620. The van der Waals surface area contributed by atoms with Crippen molar-refractivity contribution in [3.63, 3.8) is 0 Å². The van der Waals surface area contributed by atoms with E-state index in [1.165, 1.54) is 32.1 Å². The summed E-state index contributed by atoms with van der Waals surface area (Å²) in [6.07, 6.45) is 6.65. The van der Waals surface area contributed by atoms with Crippen molar-refractivity contribution >= 4 is 9.76 Å². The molecule has 0 unspecified atom stereocenters. The molecule has 0 rings (SSSR count). The molecular weight excluding hydrogens is 128 g/mol. The fraction of sp³-hybridized carbons (Fsp3) is 1.00. The molecule has 0 bridgehead atoms. The molecule has 1 nitrogen and oxygen atoms in total. The molecule has 0 fully saturated rings. The lowest BCUT2D eigenvalue weighted by Gasteiger charge is -1.95. The molecule has 0 amide bonds. The maximum absolute atomic E-state index is 8.56. The summed E-state index contributed by atoms with van der Waals surface area (Å²) in [5.74, 6) is 0. The summed E-state index contributed by atoms with van der Waals surface area (Å²) < 4.78 is 0. The maximum atomic E-state index is 8.56. The van der Waals surface area contributed by atoms with Crippen molar-refractivity contribution in [2.75, 3.05) is 0 Å². The first-order valence-corrected chi connectivity index (χ1v) is 5.66. The van der Waals surface area contributed by atoms with Gasteiger partial charge in [-0.25, -0.2) is 0 Å². The minimum absolute atomic E-state index is 0.620. The predicted molar refractivity (Wildman–Crippen MR) is 44.3 cm³/mol. The quantitative estimate of drug-likeness (QED) is 0.444. The predicted octanol–water partition coefficient (Wildman–Crippen LogP) is 1.45. The molecule has 1 N–H and O–H groups in total. The normalized spacial score (nSPS) is 11.3. The third kappa shape index (κ3) is 8.18. The molecule has 0 atom stereocenters. The molecule has 0 aliphatic carbocycles. The Labute approximate surface area is 60.4 Å². The van der Waals surface area contributed by atoms with Crippen LogP contribution < -0.4 is 0 Å². The van der Waals surface area contributed by atoms with Crippen LogP contribution in [0.3, 0.4) is 0 Å². The van der Waals surface area contributed by atoms with Gasteiger partial charge in [0, 0.05) is 0 Å². The molecule has 0 aromatic carbocycles. The van der Waals surface area contributed by atoms with Crippen LogP contribution in [0.2, 0.25) is 6.04 Å². The zero-order chi connectivity index (χ0) is 6.95. The van der Waals surface area contributed by atoms with Gasteiger partial charge in [-0.15, -0.1) is 0 Å². The number of rotatable bonds is 6. The van der Waals surface area contributed by atoms with Crippen LogP contribution in [0.25, 0.3) is 0 Å². The van der Waals surface area contributed by atoms with E-state index in [1.807, 2.05) is 0 Å². The van der Waals surface area contributed by atoms with Crippen LogP contribution in [-0.4, -0.2) is 14.6 Å². The van der Waals surface area contributed by atoms with Gasteiger partial charge in [0.25, 0.3) is 0 Å². The van der Waals surface area contributed by atoms with E-state index >= 15 is 0 Å². The Morgan fingerprint density at radius 3 is 2.33 bits per heavy atom. The van der Waals surface area contributed by atoms with Gasteiger partial charge in [-0.1, -0.05) is 39.0 Å². The molecule has 0 aromatic rings. The average Bonchev–Trinajstić information content (AvgIpc) is 1.89. The van der Waals surface area contributed by atoms with Crippen molar-refractivity contribution in [3.05, 3.63) is 0 Å². The molecule has 0 radical (unpaired) electrons. The van der Waals surface area contributed by atoms with Gasteiger partial charge in [0.05, 0.1) is 0 Å². The van der Waals surface area contributed by atoms with Crippen molar-refractivity contribution in [3.8, 4) is 0 Å². The van der Waals surface area contributed by atoms with Gasteiger partial charge >= 0.3 is 0 Å². The first-order valence-electron chi connectivity index (χ1n) is 4.02. The molecule has 0 heterocycles. The highest BCUT2D eigenvalue weighted by Crippen LogP contribution is 2.03. The topological polar surface area (TPSA) is 20.2 Å². The SMILES string of the molecule is CCCCCCC[SiH2]O. The van der Waals surface area contributed by atoms with Crippen molar-refractivity contribution in [1.82, 2.24) is 0 Å². The van der Waals surface area contributed by atoms with E-state index in [9.17, 15) is 0 Å². The Bertz CT molecular complexity index is 42.2. The lowest BCUT2D eigenvalue weighted by Crippen LogP contribution is -1.85. The van der Waals surface area contributed by atoms with E-state index in [2.05, 4.69) is 6.92 Å². The molecule has 0 aliphatic heterocycles. The van der Waals surface area contributed by atoms with E-state index in [4.69, 9.17) is 4.80 Å². The Hall–Kier alpha value is 0.177. The average molecular weight is 146 g/mol. The van der Waals surface area contributed by atoms with Gasteiger partial charge in [-0.3, -0.25) is 0 Å². The van der Waals surface area contributed by atoms with Gasteiger partial charge in [0.1, 0.15) is 0 Å². The van der Waals surface area contributed by atoms with Crippen molar-refractivity contribution in [2.24, 2.45) is 0 Å². The zero-order valence-corrected chi connectivity index (χ0v) is 7.81. The van der Waals surface area contributed by atoms with E-state index in [-0.39, 0.29) is 0 Å². The van der Waals surface area contributed by atoms with Gasteiger partial charge in [0.2, 0.25) is 0 Å². The molecule has 2 heteroatoms. The minimum Gasteiger partial charge on any atom is -0.438 e. The molecule has 0 aliphatic rings. The summed E-state index contributed by atoms with van der Waals surface area (Å²) in [4.78, 5) is 8.56. The molecule has 0 aromatic heterocycles. The second kappa shape index (κ2) is 8.18. The van der Waals surface area contributed by atoms with Crippen LogP contribution in [0.15, 0.2) is 0 Å². The van der Waals surface area contributed by atoms with Gasteiger partial charge in [-0.05, 0) is 6.04 Å². The number of hydrogen-bond acceptors (Lipinski definition) is 1. The fourth-order valence-corrected chi connectivity index (χ4v) is 1.47. The van der Waals surface area contributed by atoms with Crippen molar-refractivity contribution in [1.29, 1.82) is 0 Å². The third-order valence-corrected chi connectivity index (χ3v) is 2.33. The second-order valence-electron chi connectivity index (χ2n) is 2.49. The van der Waals surface area contributed by atoms with E-state index in [0.29, 0.717) is 0 Å². The number of unbranched alkanes of at least 4 members (excludes halogenated alkanes) is 4. The van der Waals surface area contributed by atoms with E-state index in [1.54, 1.807) is 0 Å². The largest absolute Gasteiger partial charge is 0.438 e. The van der Waals surface area contributed by atoms with Gasteiger partial charge in [0.15, 0.2) is 9.76 Å². The molecular formula is C7H18OSi. The smallest absolute Gasteiger partial charge is 0.156 e. The second-order valence-corrected chi connectivity index (χ2v) is 3.65. The summed E-state index contributed by atoms with van der Waals surface area (Å²) in [6.45, 7) is 2.22. The van der Waals surface area contributed by atoms with Crippen LogP contribution in [0, 0.1) is 0 Å². The van der Waals surface area contributed by atoms with E-state index in [0.717, 1.165) is 6.04 Å². The summed E-state index contributed by atoms with van der Waals surface area (Å²) in [5, 5.41) is 0. The summed E-state index contributed by atoms with van der Waals surface area (Å²) >= 11 is 0. The third-order valence-electron chi connectivity index (χ3n) is 1.51. The Morgan fingerprint density at radius 1 is 1.11 bits per heavy atom. The number of hydrogen-bond donors (Lipinski definition) is 1. The van der Waals surface area contributed by atoms with Crippen LogP contribution in [0.5, 0.6) is 0 Å². The van der Waals surface area contributed by atoms with Gasteiger partial charge < -0.3 is 4.80 Å². The van der Waals surface area contributed by atoms with Crippen LogP contribution in [-0.2, 0) is 0 Å². The summed E-state index contributed by atoms with van der Waals surface area (Å²) in [5.41, 5.74) is 0. The van der Waals surface area contributed by atoms with Crippen LogP contribution in [0.1, 0.15) is 39.0 Å². The first-order chi connectivity index (χ1) is 4.41. The zero-order valence-electron chi connectivity index (χ0n) is 6.40. The molecule has 9 heavy (non-hydrogen) atoms. The highest BCUT2D eigenvalue weighted by atomic mass is 28.2. The molecule has 56 valence electrons. The summed E-state index contributed by atoms with van der Waals surface area (Å²) in [7, 11) is -0.620. The van der Waals surface area contributed by atoms with E-state index < -0.39 is 9.76 Å². The monoisotopic (exact) mass is 146 g/mol. The highest BCUT2D eigenvalue weighted by molar-refractivity contribution is 6.25. The van der Waals surface area contributed by atoms with Crippen LogP contribution >= 0.6 is 0 Å². The molecule has 0 saturated heterocycles. The van der Waals surface area contributed by atoms with Gasteiger partial charge in [-0.2, -0.15) is 0 Å². The Kier molecular flexibility index (Phi) is 8.34. The highest BCUT2D eigenvalue weighted by Gasteiger charge is 1.86. The maximum Gasteiger partial charge on any atom is 0.156 e. The molecule has 0 saturated carbocycles. The lowest BCUT2D eigenvalue weighted by molar-refractivity contribution is 0.585. The molecule has 0 spiro atoms. The Morgan fingerprint density at radius 2 is 1.78 bits per heavy atom. The fourth-order valence-electron chi connectivity index (χ4n) is 0.892. The lowest BCUT2D eigenvalue weighted by atomic mass is 10.2. The van der Waals surface area contributed by atoms with Crippen LogP contribution in [0.4, 0.5) is 0 Å². The Balaban J connectivity index is 2.60.